The Balaban J connectivity index is 2.08. The van der Waals surface area contributed by atoms with Gasteiger partial charge in [0.1, 0.15) is 0 Å². The van der Waals surface area contributed by atoms with Gasteiger partial charge in [0.15, 0.2) is 0 Å². The number of rotatable bonds is 5. The first-order valence-corrected chi connectivity index (χ1v) is 6.99. The molecule has 1 fully saturated rings. The number of nitrogen functional groups attached to an aromatic ring is 1. The van der Waals surface area contributed by atoms with Gasteiger partial charge in [-0.15, -0.1) is 0 Å². The molecule has 0 spiro atoms. The lowest BCUT2D eigenvalue weighted by molar-refractivity contribution is 0.0315. The summed E-state index contributed by atoms with van der Waals surface area (Å²) < 4.78 is 10.7. The molecule has 110 valence electrons. The zero-order valence-corrected chi connectivity index (χ0v) is 12.1. The van der Waals surface area contributed by atoms with Crippen molar-refractivity contribution >= 4 is 17.3 Å². The smallest absolute Gasteiger partial charge is 0.340 e. The van der Waals surface area contributed by atoms with Gasteiger partial charge in [0.05, 0.1) is 29.1 Å². The summed E-state index contributed by atoms with van der Waals surface area (Å²) in [5, 5.41) is 3.27. The number of carbonyl (C=O) groups is 1. The molecule has 1 unspecified atom stereocenters. The maximum Gasteiger partial charge on any atom is 0.340 e. The van der Waals surface area contributed by atoms with E-state index in [-0.39, 0.29) is 5.60 Å². The Morgan fingerprint density at radius 2 is 2.35 bits per heavy atom. The van der Waals surface area contributed by atoms with Crippen LogP contribution in [0.5, 0.6) is 0 Å². The molecule has 5 heteroatoms. The third-order valence-electron chi connectivity index (χ3n) is 3.55. The summed E-state index contributed by atoms with van der Waals surface area (Å²) >= 11 is 0. The van der Waals surface area contributed by atoms with Crippen molar-refractivity contribution in [3.05, 3.63) is 23.8 Å². The van der Waals surface area contributed by atoms with Gasteiger partial charge in [-0.1, -0.05) is 6.07 Å². The molecule has 0 bridgehead atoms. The largest absolute Gasteiger partial charge is 0.462 e. The molecule has 1 atom stereocenters. The van der Waals surface area contributed by atoms with Crippen LogP contribution in [0.3, 0.4) is 0 Å². The van der Waals surface area contributed by atoms with Crippen LogP contribution in [0, 0.1) is 0 Å². The molecule has 1 aromatic rings. The minimum atomic E-state index is -0.392. The Morgan fingerprint density at radius 3 is 3.00 bits per heavy atom. The lowest BCUT2D eigenvalue weighted by Gasteiger charge is -2.24. The monoisotopic (exact) mass is 278 g/mol. The molecule has 20 heavy (non-hydrogen) atoms. The predicted octanol–water partition coefficient (Wildman–Crippen LogP) is 2.43. The molecule has 1 aliphatic heterocycles. The van der Waals surface area contributed by atoms with Gasteiger partial charge in [-0.25, -0.2) is 4.79 Å². The molecule has 1 heterocycles. The number of para-hydroxylation sites is 1. The van der Waals surface area contributed by atoms with Crippen LogP contribution in [0.25, 0.3) is 0 Å². The predicted molar refractivity (Wildman–Crippen MR) is 78.9 cm³/mol. The van der Waals surface area contributed by atoms with Crippen molar-refractivity contribution in [2.45, 2.75) is 32.3 Å². The summed E-state index contributed by atoms with van der Waals surface area (Å²) in [6.45, 7) is 5.66. The Labute approximate surface area is 119 Å². The molecule has 3 N–H and O–H groups in total. The molecule has 0 aliphatic carbocycles. The van der Waals surface area contributed by atoms with Gasteiger partial charge in [0.25, 0.3) is 0 Å². The standard InChI is InChI=1S/C15H22N2O3/c1-3-19-14(18)11-6-4-7-12(13(11)16)17-10-15(2)8-5-9-20-15/h4,6-7,17H,3,5,8-10,16H2,1-2H3. The molecule has 0 radical (unpaired) electrons. The fourth-order valence-electron chi connectivity index (χ4n) is 2.36. The van der Waals surface area contributed by atoms with Gasteiger partial charge in [-0.05, 0) is 38.8 Å². The van der Waals surface area contributed by atoms with Gasteiger partial charge < -0.3 is 20.5 Å². The fourth-order valence-corrected chi connectivity index (χ4v) is 2.36. The molecule has 0 amide bonds. The van der Waals surface area contributed by atoms with Gasteiger partial charge in [-0.2, -0.15) is 0 Å². The average Bonchev–Trinajstić information content (AvgIpc) is 2.85. The van der Waals surface area contributed by atoms with Gasteiger partial charge in [0.2, 0.25) is 0 Å². The van der Waals surface area contributed by atoms with E-state index in [0.29, 0.717) is 24.4 Å². The highest BCUT2D eigenvalue weighted by Gasteiger charge is 2.29. The summed E-state index contributed by atoms with van der Waals surface area (Å²) in [4.78, 5) is 11.8. The minimum Gasteiger partial charge on any atom is -0.462 e. The molecule has 2 rings (SSSR count). The maximum atomic E-state index is 11.8. The summed E-state index contributed by atoms with van der Waals surface area (Å²) in [5.41, 5.74) is 7.44. The second-order valence-electron chi connectivity index (χ2n) is 5.24. The van der Waals surface area contributed by atoms with Crippen molar-refractivity contribution in [1.82, 2.24) is 0 Å². The van der Waals surface area contributed by atoms with E-state index in [4.69, 9.17) is 15.2 Å². The van der Waals surface area contributed by atoms with E-state index >= 15 is 0 Å². The number of anilines is 2. The van der Waals surface area contributed by atoms with Crippen molar-refractivity contribution in [2.24, 2.45) is 0 Å². The first kappa shape index (κ1) is 14.7. The lowest BCUT2D eigenvalue weighted by atomic mass is 10.0. The summed E-state index contributed by atoms with van der Waals surface area (Å²) in [7, 11) is 0. The van der Waals surface area contributed by atoms with Gasteiger partial charge in [-0.3, -0.25) is 0 Å². The highest BCUT2D eigenvalue weighted by Crippen LogP contribution is 2.28. The maximum absolute atomic E-state index is 11.8. The Kier molecular flexibility index (Phi) is 4.49. The Hall–Kier alpha value is -1.75. The minimum absolute atomic E-state index is 0.160. The van der Waals surface area contributed by atoms with Crippen LogP contribution in [-0.4, -0.2) is 31.3 Å². The van der Waals surface area contributed by atoms with E-state index in [1.54, 1.807) is 19.1 Å². The van der Waals surface area contributed by atoms with Crippen molar-refractivity contribution in [1.29, 1.82) is 0 Å². The lowest BCUT2D eigenvalue weighted by Crippen LogP contribution is -2.32. The first-order chi connectivity index (χ1) is 9.56. The fraction of sp³-hybridized carbons (Fsp3) is 0.533. The van der Waals surface area contributed by atoms with Crippen LogP contribution in [0.15, 0.2) is 18.2 Å². The van der Waals surface area contributed by atoms with Crippen LogP contribution in [0.2, 0.25) is 0 Å². The molecular formula is C15H22N2O3. The highest BCUT2D eigenvalue weighted by atomic mass is 16.5. The SMILES string of the molecule is CCOC(=O)c1cccc(NCC2(C)CCCO2)c1N. The van der Waals surface area contributed by atoms with Gasteiger partial charge >= 0.3 is 5.97 Å². The molecular weight excluding hydrogens is 256 g/mol. The highest BCUT2D eigenvalue weighted by molar-refractivity contribution is 5.98. The third-order valence-corrected chi connectivity index (χ3v) is 3.55. The van der Waals surface area contributed by atoms with Crippen molar-refractivity contribution in [2.75, 3.05) is 30.8 Å². The first-order valence-electron chi connectivity index (χ1n) is 6.99. The van der Waals surface area contributed by atoms with E-state index in [9.17, 15) is 4.79 Å². The molecule has 5 nitrogen and oxygen atoms in total. The number of hydrogen-bond acceptors (Lipinski definition) is 5. The number of ether oxygens (including phenoxy) is 2. The van der Waals surface area contributed by atoms with Gasteiger partial charge in [0, 0.05) is 13.2 Å². The van der Waals surface area contributed by atoms with Crippen molar-refractivity contribution in [3.63, 3.8) is 0 Å². The van der Waals surface area contributed by atoms with E-state index in [0.717, 1.165) is 25.1 Å². The van der Waals surface area contributed by atoms with Crippen LogP contribution in [-0.2, 0) is 9.47 Å². The van der Waals surface area contributed by atoms with E-state index < -0.39 is 5.97 Å². The number of esters is 1. The molecule has 0 aromatic heterocycles. The Bertz CT molecular complexity index is 482. The summed E-state index contributed by atoms with van der Waals surface area (Å²) in [5.74, 6) is -0.392. The van der Waals surface area contributed by atoms with Crippen LogP contribution in [0.1, 0.15) is 37.0 Å². The summed E-state index contributed by atoms with van der Waals surface area (Å²) in [6, 6.07) is 5.32. The number of hydrogen-bond donors (Lipinski definition) is 2. The third kappa shape index (κ3) is 3.22. The van der Waals surface area contributed by atoms with Crippen LogP contribution in [0.4, 0.5) is 11.4 Å². The van der Waals surface area contributed by atoms with E-state index in [2.05, 4.69) is 12.2 Å². The molecule has 1 saturated heterocycles. The normalized spacial score (nSPS) is 21.7. The zero-order chi connectivity index (χ0) is 14.6. The second-order valence-corrected chi connectivity index (χ2v) is 5.24. The molecule has 1 aromatic carbocycles. The second kappa shape index (κ2) is 6.13. The number of carbonyl (C=O) groups excluding carboxylic acids is 1. The summed E-state index contributed by atoms with van der Waals surface area (Å²) in [6.07, 6.45) is 2.11. The number of benzene rings is 1. The van der Waals surface area contributed by atoms with Crippen molar-refractivity contribution in [3.8, 4) is 0 Å². The average molecular weight is 278 g/mol. The quantitative estimate of drug-likeness (QED) is 0.639. The van der Waals surface area contributed by atoms with Crippen molar-refractivity contribution < 1.29 is 14.3 Å². The zero-order valence-electron chi connectivity index (χ0n) is 12.1. The van der Waals surface area contributed by atoms with E-state index in [1.807, 2.05) is 6.07 Å². The van der Waals surface area contributed by atoms with E-state index in [1.165, 1.54) is 0 Å². The number of nitrogens with two attached hydrogens (primary N) is 1. The molecule has 0 saturated carbocycles. The topological polar surface area (TPSA) is 73.6 Å². The Morgan fingerprint density at radius 1 is 1.55 bits per heavy atom. The molecule has 1 aliphatic rings. The van der Waals surface area contributed by atoms with Crippen LogP contribution < -0.4 is 11.1 Å². The number of nitrogens with one attached hydrogen (secondary N) is 1. The van der Waals surface area contributed by atoms with Crippen LogP contribution >= 0.6 is 0 Å².